The summed E-state index contributed by atoms with van der Waals surface area (Å²) in [5, 5.41) is 2.55. The molecule has 1 heterocycles. The van der Waals surface area contributed by atoms with Crippen LogP contribution in [0, 0.1) is 5.82 Å². The van der Waals surface area contributed by atoms with Gasteiger partial charge in [-0.2, -0.15) is 0 Å². The second-order valence-electron chi connectivity index (χ2n) is 7.21. The summed E-state index contributed by atoms with van der Waals surface area (Å²) >= 11 is 0. The first kappa shape index (κ1) is 17.5. The number of fused-ring (bicyclic) bond motifs is 2. The number of anilines is 2. The summed E-state index contributed by atoms with van der Waals surface area (Å²) < 4.78 is 19.2. The van der Waals surface area contributed by atoms with Gasteiger partial charge in [-0.1, -0.05) is 18.9 Å². The van der Waals surface area contributed by atoms with Crippen molar-refractivity contribution in [3.05, 3.63) is 59.4 Å². The average molecular weight is 368 g/mol. The van der Waals surface area contributed by atoms with E-state index >= 15 is 0 Å². The molecule has 140 valence electrons. The third-order valence-electron chi connectivity index (χ3n) is 5.64. The summed E-state index contributed by atoms with van der Waals surface area (Å²) in [4.78, 5) is 26.1. The molecule has 0 bridgehead atoms. The fraction of sp³-hybridized carbons (Fsp3) is 0.333. The summed E-state index contributed by atoms with van der Waals surface area (Å²) in [5.74, 6) is -0.377. The number of methoxy groups -OCH3 is 1. The standard InChI is InChI=1S/C21H21FN2O3/c1-27-20(26)23-15-9-7-14(8-10-15)19(25)24-13-21(11-2-3-12-21)18-16(22)5-4-6-17(18)24/h4-10H,2-3,11-13H2,1H3,(H,23,26). The fourth-order valence-electron chi connectivity index (χ4n) is 4.39. The lowest BCUT2D eigenvalue weighted by Crippen LogP contribution is -2.35. The molecule has 4 rings (SSSR count). The minimum atomic E-state index is -0.568. The van der Waals surface area contributed by atoms with E-state index in [0.29, 0.717) is 29.0 Å². The van der Waals surface area contributed by atoms with Crippen LogP contribution >= 0.6 is 0 Å². The molecular weight excluding hydrogens is 347 g/mol. The summed E-state index contributed by atoms with van der Waals surface area (Å²) in [7, 11) is 1.29. The Balaban J connectivity index is 1.63. The van der Waals surface area contributed by atoms with Crippen molar-refractivity contribution in [1.82, 2.24) is 0 Å². The van der Waals surface area contributed by atoms with Crippen LogP contribution in [0.15, 0.2) is 42.5 Å². The zero-order valence-electron chi connectivity index (χ0n) is 15.1. The zero-order chi connectivity index (χ0) is 19.0. The zero-order valence-corrected chi connectivity index (χ0v) is 15.1. The molecule has 0 unspecified atom stereocenters. The normalized spacial score (nSPS) is 17.0. The molecule has 1 aliphatic heterocycles. The van der Waals surface area contributed by atoms with Gasteiger partial charge in [-0.3, -0.25) is 10.1 Å². The third-order valence-corrected chi connectivity index (χ3v) is 5.64. The van der Waals surface area contributed by atoms with E-state index in [2.05, 4.69) is 10.1 Å². The highest BCUT2D eigenvalue weighted by atomic mass is 19.1. The molecular formula is C21H21FN2O3. The maximum absolute atomic E-state index is 14.6. The Kier molecular flexibility index (Phi) is 4.34. The molecule has 0 saturated heterocycles. The summed E-state index contributed by atoms with van der Waals surface area (Å²) in [6, 6.07) is 11.6. The highest BCUT2D eigenvalue weighted by molar-refractivity contribution is 6.08. The quantitative estimate of drug-likeness (QED) is 0.850. The molecule has 2 aromatic rings. The number of rotatable bonds is 2. The molecule has 1 N–H and O–H groups in total. The number of amides is 2. The smallest absolute Gasteiger partial charge is 0.411 e. The lowest BCUT2D eigenvalue weighted by Gasteiger charge is -2.25. The molecule has 0 aromatic heterocycles. The van der Waals surface area contributed by atoms with E-state index < -0.39 is 6.09 Å². The van der Waals surface area contributed by atoms with Gasteiger partial charge in [0.1, 0.15) is 5.82 Å². The number of ether oxygens (including phenoxy) is 1. The Bertz CT molecular complexity index is 889. The van der Waals surface area contributed by atoms with Crippen molar-refractivity contribution in [2.45, 2.75) is 31.1 Å². The highest BCUT2D eigenvalue weighted by Gasteiger charge is 2.48. The predicted octanol–water partition coefficient (Wildman–Crippen LogP) is 4.48. The van der Waals surface area contributed by atoms with Crippen molar-refractivity contribution in [1.29, 1.82) is 0 Å². The average Bonchev–Trinajstić information content (AvgIpc) is 3.28. The van der Waals surface area contributed by atoms with Gasteiger partial charge >= 0.3 is 6.09 Å². The highest BCUT2D eigenvalue weighted by Crippen LogP contribution is 2.51. The van der Waals surface area contributed by atoms with Gasteiger partial charge in [-0.15, -0.1) is 0 Å². The van der Waals surface area contributed by atoms with Crippen LogP contribution in [0.25, 0.3) is 0 Å². The number of nitrogens with zero attached hydrogens (tertiary/aromatic N) is 1. The monoisotopic (exact) mass is 368 g/mol. The minimum Gasteiger partial charge on any atom is -0.453 e. The molecule has 2 amide bonds. The van der Waals surface area contributed by atoms with Crippen LogP contribution in [0.1, 0.15) is 41.6 Å². The minimum absolute atomic E-state index is 0.157. The first-order valence-corrected chi connectivity index (χ1v) is 9.10. The van der Waals surface area contributed by atoms with E-state index in [4.69, 9.17) is 0 Å². The molecule has 0 atom stereocenters. The van der Waals surface area contributed by atoms with Crippen molar-refractivity contribution in [3.8, 4) is 0 Å². The van der Waals surface area contributed by atoms with Crippen LogP contribution in [-0.2, 0) is 10.2 Å². The number of halogens is 1. The SMILES string of the molecule is COC(=O)Nc1ccc(C(=O)N2CC3(CCCC3)c3c(F)cccc32)cc1. The number of hydrogen-bond donors (Lipinski definition) is 1. The lowest BCUT2D eigenvalue weighted by molar-refractivity contribution is 0.0985. The lowest BCUT2D eigenvalue weighted by atomic mass is 9.80. The third kappa shape index (κ3) is 2.95. The van der Waals surface area contributed by atoms with Crippen LogP contribution in [0.2, 0.25) is 0 Å². The Labute approximate surface area is 157 Å². The van der Waals surface area contributed by atoms with Gasteiger partial charge in [0.25, 0.3) is 5.91 Å². The van der Waals surface area contributed by atoms with Crippen molar-refractivity contribution < 1.29 is 18.7 Å². The van der Waals surface area contributed by atoms with E-state index in [-0.39, 0.29) is 17.1 Å². The van der Waals surface area contributed by atoms with E-state index in [1.165, 1.54) is 13.2 Å². The van der Waals surface area contributed by atoms with E-state index in [1.807, 2.05) is 6.07 Å². The van der Waals surface area contributed by atoms with E-state index in [1.54, 1.807) is 35.2 Å². The predicted molar refractivity (Wildman–Crippen MR) is 101 cm³/mol. The number of carbonyl (C=O) groups excluding carboxylic acids is 2. The first-order valence-electron chi connectivity index (χ1n) is 9.10. The molecule has 6 heteroatoms. The molecule has 2 aliphatic rings. The van der Waals surface area contributed by atoms with E-state index in [0.717, 1.165) is 25.7 Å². The maximum atomic E-state index is 14.6. The number of benzene rings is 2. The second-order valence-corrected chi connectivity index (χ2v) is 7.21. The largest absolute Gasteiger partial charge is 0.453 e. The number of carbonyl (C=O) groups is 2. The van der Waals surface area contributed by atoms with Crippen LogP contribution in [0.5, 0.6) is 0 Å². The number of nitrogens with one attached hydrogen (secondary N) is 1. The van der Waals surface area contributed by atoms with Gasteiger partial charge in [0.2, 0.25) is 0 Å². The van der Waals surface area contributed by atoms with Crippen LogP contribution in [0.4, 0.5) is 20.6 Å². The summed E-state index contributed by atoms with van der Waals surface area (Å²) in [6.45, 7) is 0.518. The van der Waals surface area contributed by atoms with Crippen molar-refractivity contribution in [3.63, 3.8) is 0 Å². The van der Waals surface area contributed by atoms with Crippen LogP contribution in [0.3, 0.4) is 0 Å². The van der Waals surface area contributed by atoms with Crippen LogP contribution in [-0.4, -0.2) is 25.7 Å². The second kappa shape index (κ2) is 6.68. The van der Waals surface area contributed by atoms with Gasteiger partial charge in [0.15, 0.2) is 0 Å². The van der Waals surface area contributed by atoms with Crippen molar-refractivity contribution in [2.24, 2.45) is 0 Å². The molecule has 0 radical (unpaired) electrons. The van der Waals surface area contributed by atoms with Gasteiger partial charge in [0.05, 0.1) is 12.8 Å². The van der Waals surface area contributed by atoms with Gasteiger partial charge in [-0.05, 0) is 49.2 Å². The van der Waals surface area contributed by atoms with Crippen molar-refractivity contribution >= 4 is 23.4 Å². The summed E-state index contributed by atoms with van der Waals surface area (Å²) in [5.41, 5.74) is 2.15. The topological polar surface area (TPSA) is 58.6 Å². The van der Waals surface area contributed by atoms with Crippen molar-refractivity contribution in [2.75, 3.05) is 23.9 Å². The Morgan fingerprint density at radius 1 is 1.11 bits per heavy atom. The molecule has 1 spiro atoms. The fourth-order valence-corrected chi connectivity index (χ4v) is 4.39. The maximum Gasteiger partial charge on any atom is 0.411 e. The molecule has 1 saturated carbocycles. The van der Waals surface area contributed by atoms with E-state index in [9.17, 15) is 14.0 Å². The molecule has 2 aromatic carbocycles. The van der Waals surface area contributed by atoms with Gasteiger partial charge in [0, 0.05) is 28.8 Å². The van der Waals surface area contributed by atoms with Crippen LogP contribution < -0.4 is 10.2 Å². The Morgan fingerprint density at radius 3 is 2.48 bits per heavy atom. The molecule has 5 nitrogen and oxygen atoms in total. The summed E-state index contributed by atoms with van der Waals surface area (Å²) in [6.07, 6.45) is 3.37. The van der Waals surface area contributed by atoms with Gasteiger partial charge in [-0.25, -0.2) is 9.18 Å². The number of hydrogen-bond acceptors (Lipinski definition) is 3. The molecule has 1 fully saturated rings. The van der Waals surface area contributed by atoms with Gasteiger partial charge < -0.3 is 9.64 Å². The first-order chi connectivity index (χ1) is 13.0. The Morgan fingerprint density at radius 2 is 1.81 bits per heavy atom. The molecule has 1 aliphatic carbocycles. The molecule has 27 heavy (non-hydrogen) atoms. The Hall–Kier alpha value is -2.89.